The average molecular weight is 564 g/mol. The summed E-state index contributed by atoms with van der Waals surface area (Å²) in [6, 6.07) is 18.6. The number of pyridine rings is 2. The minimum Gasteiger partial charge on any atom is -0.334 e. The van der Waals surface area contributed by atoms with Crippen molar-refractivity contribution < 1.29 is 4.39 Å². The zero-order chi connectivity index (χ0) is 24.0. The highest BCUT2D eigenvalue weighted by Crippen LogP contribution is 2.41. The zero-order valence-corrected chi connectivity index (χ0v) is 21.1. The summed E-state index contributed by atoms with van der Waals surface area (Å²) in [7, 11) is 3.47. The van der Waals surface area contributed by atoms with Crippen LogP contribution in [0.4, 0.5) is 4.39 Å². The van der Waals surface area contributed by atoms with Gasteiger partial charge in [-0.25, -0.2) is 9.37 Å². The normalized spacial score (nSPS) is 13.2. The standard InChI is InChI=1S/C27H22FIN4O/c1-17-5-4-6-18(11-17)21-13-26(34)33(3)23-14-31-24(12-22(21)23)27(28,25-15-30-16-32(25)2)19-7-9-20(29)10-8-19/h4-16H,1-3H3/t27-/m1/s1. The molecule has 0 amide bonds. The highest BCUT2D eigenvalue weighted by Gasteiger charge is 2.41. The summed E-state index contributed by atoms with van der Waals surface area (Å²) in [5, 5.41) is 0.757. The topological polar surface area (TPSA) is 52.7 Å². The van der Waals surface area contributed by atoms with Crippen molar-refractivity contribution in [3.05, 3.63) is 116 Å². The lowest BCUT2D eigenvalue weighted by atomic mass is 9.87. The Morgan fingerprint density at radius 3 is 2.44 bits per heavy atom. The van der Waals surface area contributed by atoms with Gasteiger partial charge in [-0.3, -0.25) is 9.78 Å². The maximum Gasteiger partial charge on any atom is 0.251 e. The van der Waals surface area contributed by atoms with E-state index in [1.807, 2.05) is 43.3 Å². The molecule has 0 N–H and O–H groups in total. The Morgan fingerprint density at radius 2 is 1.76 bits per heavy atom. The van der Waals surface area contributed by atoms with E-state index in [1.54, 1.807) is 60.0 Å². The number of benzene rings is 2. The Bertz CT molecular complexity index is 1590. The van der Waals surface area contributed by atoms with Gasteiger partial charge < -0.3 is 9.13 Å². The lowest BCUT2D eigenvalue weighted by molar-refractivity contribution is 0.260. The largest absolute Gasteiger partial charge is 0.334 e. The van der Waals surface area contributed by atoms with Crippen LogP contribution in [0.25, 0.3) is 22.0 Å². The SMILES string of the molecule is Cc1cccc(-c2cc(=O)n(C)c3cnc([C@](F)(c4ccc(I)cc4)c4cncn4C)cc23)c1. The molecule has 5 aromatic rings. The van der Waals surface area contributed by atoms with Crippen LogP contribution in [0.3, 0.4) is 0 Å². The summed E-state index contributed by atoms with van der Waals surface area (Å²) >= 11 is 2.20. The molecule has 0 bridgehead atoms. The average Bonchev–Trinajstić information content (AvgIpc) is 3.27. The van der Waals surface area contributed by atoms with Gasteiger partial charge in [-0.1, -0.05) is 42.0 Å². The number of aromatic nitrogens is 4. The first-order chi connectivity index (χ1) is 16.3. The third-order valence-electron chi connectivity index (χ3n) is 6.23. The van der Waals surface area contributed by atoms with E-state index in [1.165, 1.54) is 6.20 Å². The molecule has 34 heavy (non-hydrogen) atoms. The van der Waals surface area contributed by atoms with Crippen LogP contribution in [-0.2, 0) is 19.8 Å². The summed E-state index contributed by atoms with van der Waals surface area (Å²) in [4.78, 5) is 21.4. The van der Waals surface area contributed by atoms with E-state index in [9.17, 15) is 4.79 Å². The highest BCUT2D eigenvalue weighted by molar-refractivity contribution is 14.1. The van der Waals surface area contributed by atoms with Gasteiger partial charge in [0.25, 0.3) is 5.56 Å². The quantitative estimate of drug-likeness (QED) is 0.271. The fourth-order valence-corrected chi connectivity index (χ4v) is 4.74. The Hall–Kier alpha value is -3.33. The number of hydrogen-bond donors (Lipinski definition) is 0. The van der Waals surface area contributed by atoms with E-state index >= 15 is 4.39 Å². The molecule has 0 unspecified atom stereocenters. The Labute approximate surface area is 210 Å². The van der Waals surface area contributed by atoms with Gasteiger partial charge in [-0.2, -0.15) is 0 Å². The second-order valence-electron chi connectivity index (χ2n) is 8.47. The fraction of sp³-hybridized carbons (Fsp3) is 0.148. The molecule has 7 heteroatoms. The summed E-state index contributed by atoms with van der Waals surface area (Å²) in [5.74, 6) is 0. The molecule has 5 nitrogen and oxygen atoms in total. The maximum absolute atomic E-state index is 17.3. The molecule has 3 heterocycles. The van der Waals surface area contributed by atoms with Gasteiger partial charge in [0.15, 0.2) is 0 Å². The Kier molecular flexibility index (Phi) is 5.59. The predicted molar refractivity (Wildman–Crippen MR) is 141 cm³/mol. The van der Waals surface area contributed by atoms with Crippen molar-refractivity contribution in [3.8, 4) is 11.1 Å². The Morgan fingerprint density at radius 1 is 1.00 bits per heavy atom. The molecule has 0 spiro atoms. The Balaban J connectivity index is 1.84. The predicted octanol–water partition coefficient (Wildman–Crippen LogP) is 5.51. The van der Waals surface area contributed by atoms with Gasteiger partial charge in [-0.05, 0) is 58.8 Å². The zero-order valence-electron chi connectivity index (χ0n) is 19.0. The van der Waals surface area contributed by atoms with E-state index in [-0.39, 0.29) is 11.3 Å². The van der Waals surface area contributed by atoms with Crippen molar-refractivity contribution in [2.45, 2.75) is 12.6 Å². The van der Waals surface area contributed by atoms with Gasteiger partial charge in [-0.15, -0.1) is 0 Å². The molecular weight excluding hydrogens is 542 g/mol. The summed E-state index contributed by atoms with van der Waals surface area (Å²) in [6.45, 7) is 2.01. The fourth-order valence-electron chi connectivity index (χ4n) is 4.38. The third kappa shape index (κ3) is 3.64. The van der Waals surface area contributed by atoms with Crippen LogP contribution in [0.2, 0.25) is 0 Å². The molecule has 0 saturated heterocycles. The van der Waals surface area contributed by atoms with Crippen molar-refractivity contribution >= 4 is 33.5 Å². The van der Waals surface area contributed by atoms with Crippen molar-refractivity contribution in [1.82, 2.24) is 19.1 Å². The van der Waals surface area contributed by atoms with Gasteiger partial charge in [0.2, 0.25) is 5.67 Å². The molecular formula is C27H22FIN4O. The van der Waals surface area contributed by atoms with Gasteiger partial charge in [0.1, 0.15) is 0 Å². The summed E-state index contributed by atoms with van der Waals surface area (Å²) in [5.41, 5.74) is 2.26. The van der Waals surface area contributed by atoms with Gasteiger partial charge in [0, 0.05) is 34.7 Å². The van der Waals surface area contributed by atoms with Crippen LogP contribution >= 0.6 is 22.6 Å². The van der Waals surface area contributed by atoms with Crippen molar-refractivity contribution in [2.75, 3.05) is 0 Å². The van der Waals surface area contributed by atoms with Gasteiger partial charge in [0.05, 0.1) is 35.6 Å². The molecule has 0 radical (unpaired) electrons. The van der Waals surface area contributed by atoms with Gasteiger partial charge >= 0.3 is 0 Å². The minimum absolute atomic E-state index is 0.144. The second kappa shape index (κ2) is 8.47. The van der Waals surface area contributed by atoms with Crippen molar-refractivity contribution in [3.63, 3.8) is 0 Å². The van der Waals surface area contributed by atoms with Crippen LogP contribution in [-0.4, -0.2) is 19.1 Å². The highest BCUT2D eigenvalue weighted by atomic mass is 127. The first-order valence-electron chi connectivity index (χ1n) is 10.8. The lowest BCUT2D eigenvalue weighted by Crippen LogP contribution is -2.28. The van der Waals surface area contributed by atoms with Crippen molar-refractivity contribution in [2.24, 2.45) is 14.1 Å². The molecule has 5 rings (SSSR count). The molecule has 2 aromatic carbocycles. The molecule has 1 atom stereocenters. The van der Waals surface area contributed by atoms with Crippen LogP contribution in [0, 0.1) is 10.5 Å². The van der Waals surface area contributed by atoms with E-state index in [0.29, 0.717) is 16.8 Å². The molecule has 0 fully saturated rings. The lowest BCUT2D eigenvalue weighted by Gasteiger charge is -2.26. The minimum atomic E-state index is -2.04. The van der Waals surface area contributed by atoms with Crippen molar-refractivity contribution in [1.29, 1.82) is 0 Å². The number of hydrogen-bond acceptors (Lipinski definition) is 3. The molecule has 0 aliphatic heterocycles. The van der Waals surface area contributed by atoms with Crippen LogP contribution in [0.15, 0.2) is 84.2 Å². The van der Waals surface area contributed by atoms with E-state index in [2.05, 4.69) is 32.6 Å². The molecule has 0 saturated carbocycles. The third-order valence-corrected chi connectivity index (χ3v) is 6.95. The van der Waals surface area contributed by atoms with E-state index in [4.69, 9.17) is 0 Å². The number of imidazole rings is 1. The maximum atomic E-state index is 17.3. The first kappa shape index (κ1) is 22.5. The number of nitrogens with zero attached hydrogens (tertiary/aromatic N) is 4. The van der Waals surface area contributed by atoms with E-state index in [0.717, 1.165) is 25.6 Å². The van der Waals surface area contributed by atoms with Crippen LogP contribution < -0.4 is 5.56 Å². The molecule has 3 aromatic heterocycles. The second-order valence-corrected chi connectivity index (χ2v) is 9.71. The van der Waals surface area contributed by atoms with Crippen LogP contribution in [0.5, 0.6) is 0 Å². The number of fused-ring (bicyclic) bond motifs is 1. The first-order valence-corrected chi connectivity index (χ1v) is 11.9. The number of alkyl halides is 1. The smallest absolute Gasteiger partial charge is 0.251 e. The molecule has 170 valence electrons. The van der Waals surface area contributed by atoms with E-state index < -0.39 is 5.67 Å². The number of halogens is 2. The number of aryl methyl sites for hydroxylation is 3. The summed E-state index contributed by atoms with van der Waals surface area (Å²) < 4.78 is 21.6. The molecule has 0 aliphatic carbocycles. The monoisotopic (exact) mass is 564 g/mol. The molecule has 0 aliphatic rings. The number of rotatable bonds is 4. The summed E-state index contributed by atoms with van der Waals surface area (Å²) in [6.07, 6.45) is 4.70. The van der Waals surface area contributed by atoms with Crippen LogP contribution in [0.1, 0.15) is 22.5 Å².